The van der Waals surface area contributed by atoms with E-state index in [0.29, 0.717) is 18.8 Å². The summed E-state index contributed by atoms with van der Waals surface area (Å²) in [6.07, 6.45) is 10.0. The zero-order chi connectivity index (χ0) is 16.6. The van der Waals surface area contributed by atoms with Gasteiger partial charge in [-0.2, -0.15) is 0 Å². The standard InChI is InChI=1S/C19H22N4O/c1-14-21-11-7-17(22-14)4-5-18(24)23-12-8-15-6-9-19(15,23)16-3-2-10-20-13-16/h2-3,7,10-11,13,15H,4-6,8-9,12H2,1H3/t15-,19-/m0/s1. The lowest BCUT2D eigenvalue weighted by molar-refractivity contribution is -0.140. The minimum absolute atomic E-state index is 0.104. The largest absolute Gasteiger partial charge is 0.333 e. The highest BCUT2D eigenvalue weighted by Gasteiger charge is 2.57. The van der Waals surface area contributed by atoms with E-state index in [-0.39, 0.29) is 11.4 Å². The number of pyridine rings is 1. The molecule has 2 aromatic rings. The molecule has 0 aromatic carbocycles. The lowest BCUT2D eigenvalue weighted by atomic mass is 9.64. The van der Waals surface area contributed by atoms with E-state index in [1.54, 1.807) is 12.4 Å². The van der Waals surface area contributed by atoms with E-state index in [4.69, 9.17) is 0 Å². The average Bonchev–Trinajstić information content (AvgIpc) is 2.85. The second-order valence-electron chi connectivity index (χ2n) is 6.83. The van der Waals surface area contributed by atoms with Gasteiger partial charge in [-0.05, 0) is 56.2 Å². The maximum absolute atomic E-state index is 12.9. The van der Waals surface area contributed by atoms with Crippen molar-refractivity contribution in [3.8, 4) is 0 Å². The first-order chi connectivity index (χ1) is 11.7. The van der Waals surface area contributed by atoms with Crippen LogP contribution in [0.1, 0.15) is 42.8 Å². The molecule has 1 saturated carbocycles. The number of rotatable bonds is 4. The Morgan fingerprint density at radius 1 is 1.33 bits per heavy atom. The third-order valence-electron chi connectivity index (χ3n) is 5.62. The van der Waals surface area contributed by atoms with Crippen LogP contribution in [0.3, 0.4) is 0 Å². The number of nitrogens with zero attached hydrogens (tertiary/aromatic N) is 4. The Kier molecular flexibility index (Phi) is 3.79. The summed E-state index contributed by atoms with van der Waals surface area (Å²) in [7, 11) is 0. The first kappa shape index (κ1) is 15.2. The van der Waals surface area contributed by atoms with Crippen molar-refractivity contribution in [1.29, 1.82) is 0 Å². The van der Waals surface area contributed by atoms with Gasteiger partial charge < -0.3 is 4.90 Å². The summed E-state index contributed by atoms with van der Waals surface area (Å²) in [5.41, 5.74) is 2.04. The third kappa shape index (κ3) is 2.39. The van der Waals surface area contributed by atoms with Crippen LogP contribution < -0.4 is 0 Å². The van der Waals surface area contributed by atoms with Gasteiger partial charge in [0.25, 0.3) is 0 Å². The highest BCUT2D eigenvalue weighted by molar-refractivity contribution is 5.78. The molecule has 24 heavy (non-hydrogen) atoms. The number of aryl methyl sites for hydroxylation is 2. The van der Waals surface area contributed by atoms with Crippen LogP contribution in [0.15, 0.2) is 36.8 Å². The molecule has 2 atom stereocenters. The smallest absolute Gasteiger partial charge is 0.223 e. The van der Waals surface area contributed by atoms with Crippen LogP contribution in [-0.4, -0.2) is 32.3 Å². The van der Waals surface area contributed by atoms with Crippen molar-refractivity contribution in [2.45, 2.75) is 44.6 Å². The van der Waals surface area contributed by atoms with Gasteiger partial charge in [0.15, 0.2) is 0 Å². The molecule has 0 spiro atoms. The summed E-state index contributed by atoms with van der Waals surface area (Å²) in [5, 5.41) is 0. The van der Waals surface area contributed by atoms with Gasteiger partial charge in [-0.15, -0.1) is 0 Å². The van der Waals surface area contributed by atoms with Crippen LogP contribution in [0.5, 0.6) is 0 Å². The highest BCUT2D eigenvalue weighted by Crippen LogP contribution is 2.56. The molecule has 0 unspecified atom stereocenters. The molecule has 1 amide bonds. The van der Waals surface area contributed by atoms with E-state index >= 15 is 0 Å². The Morgan fingerprint density at radius 2 is 2.25 bits per heavy atom. The van der Waals surface area contributed by atoms with E-state index in [1.165, 1.54) is 12.0 Å². The van der Waals surface area contributed by atoms with Crippen molar-refractivity contribution in [3.63, 3.8) is 0 Å². The zero-order valence-corrected chi connectivity index (χ0v) is 14.0. The summed E-state index contributed by atoms with van der Waals surface area (Å²) in [6, 6.07) is 6.00. The Morgan fingerprint density at radius 3 is 2.96 bits per heavy atom. The fraction of sp³-hybridized carbons (Fsp3) is 0.474. The summed E-state index contributed by atoms with van der Waals surface area (Å²) in [4.78, 5) is 27.9. The molecule has 0 bridgehead atoms. The zero-order valence-electron chi connectivity index (χ0n) is 14.0. The van der Waals surface area contributed by atoms with Crippen molar-refractivity contribution < 1.29 is 4.79 Å². The molecule has 124 valence electrons. The van der Waals surface area contributed by atoms with Gasteiger partial charge in [-0.1, -0.05) is 6.07 Å². The van der Waals surface area contributed by atoms with Crippen LogP contribution in [-0.2, 0) is 16.8 Å². The maximum atomic E-state index is 12.9. The number of aromatic nitrogens is 3. The van der Waals surface area contributed by atoms with Gasteiger partial charge >= 0.3 is 0 Å². The second-order valence-corrected chi connectivity index (χ2v) is 6.83. The minimum Gasteiger partial charge on any atom is -0.333 e. The molecule has 5 heteroatoms. The van der Waals surface area contributed by atoms with Crippen LogP contribution in [0, 0.1) is 12.8 Å². The Balaban J connectivity index is 1.51. The number of carbonyl (C=O) groups is 1. The number of hydrogen-bond donors (Lipinski definition) is 0. The molecule has 5 nitrogen and oxygen atoms in total. The first-order valence-corrected chi connectivity index (χ1v) is 8.69. The molecule has 1 aliphatic heterocycles. The van der Waals surface area contributed by atoms with Crippen molar-refractivity contribution in [1.82, 2.24) is 19.9 Å². The van der Waals surface area contributed by atoms with Crippen molar-refractivity contribution >= 4 is 5.91 Å². The average molecular weight is 322 g/mol. The molecule has 0 radical (unpaired) electrons. The minimum atomic E-state index is -0.104. The number of amides is 1. The van der Waals surface area contributed by atoms with E-state index in [0.717, 1.165) is 30.9 Å². The number of likely N-dealkylation sites (tertiary alicyclic amines) is 1. The van der Waals surface area contributed by atoms with Gasteiger partial charge in [0.1, 0.15) is 5.82 Å². The number of carbonyl (C=O) groups excluding carboxylic acids is 1. The molecule has 2 fully saturated rings. The Bertz CT molecular complexity index is 748. The summed E-state index contributed by atoms with van der Waals surface area (Å²) < 4.78 is 0. The molecule has 4 rings (SSSR count). The SMILES string of the molecule is Cc1nccc(CCC(=O)N2CC[C@@H]3CC[C@@]32c2cccnc2)n1. The normalized spacial score (nSPS) is 25.2. The quantitative estimate of drug-likeness (QED) is 0.868. The summed E-state index contributed by atoms with van der Waals surface area (Å²) in [6.45, 7) is 2.74. The van der Waals surface area contributed by atoms with Gasteiger partial charge in [-0.25, -0.2) is 9.97 Å². The van der Waals surface area contributed by atoms with Crippen molar-refractivity contribution in [2.24, 2.45) is 5.92 Å². The first-order valence-electron chi connectivity index (χ1n) is 8.69. The highest BCUT2D eigenvalue weighted by atomic mass is 16.2. The molecular weight excluding hydrogens is 300 g/mol. The fourth-order valence-electron chi connectivity index (χ4n) is 4.36. The van der Waals surface area contributed by atoms with E-state index in [9.17, 15) is 4.79 Å². The molecule has 2 aliphatic rings. The van der Waals surface area contributed by atoms with Crippen LogP contribution in [0.4, 0.5) is 0 Å². The predicted octanol–water partition coefficient (Wildman–Crippen LogP) is 2.65. The number of fused-ring (bicyclic) bond motifs is 1. The summed E-state index contributed by atoms with van der Waals surface area (Å²) in [5.74, 6) is 1.58. The van der Waals surface area contributed by atoms with Crippen LogP contribution in [0.2, 0.25) is 0 Å². The second kappa shape index (κ2) is 5.96. The monoisotopic (exact) mass is 322 g/mol. The van der Waals surface area contributed by atoms with Gasteiger partial charge in [0.05, 0.1) is 5.54 Å². The maximum Gasteiger partial charge on any atom is 0.223 e. The van der Waals surface area contributed by atoms with E-state index < -0.39 is 0 Å². The Hall–Kier alpha value is -2.30. The molecule has 1 saturated heterocycles. The summed E-state index contributed by atoms with van der Waals surface area (Å²) >= 11 is 0. The van der Waals surface area contributed by atoms with Gasteiger partial charge in [0.2, 0.25) is 5.91 Å². The fourth-order valence-corrected chi connectivity index (χ4v) is 4.36. The van der Waals surface area contributed by atoms with Crippen LogP contribution >= 0.6 is 0 Å². The molecule has 1 aliphatic carbocycles. The lowest BCUT2D eigenvalue weighted by Gasteiger charge is -2.50. The predicted molar refractivity (Wildman–Crippen MR) is 90.1 cm³/mol. The molecule has 0 N–H and O–H groups in total. The van der Waals surface area contributed by atoms with E-state index in [1.807, 2.05) is 25.3 Å². The Labute approximate surface area is 142 Å². The third-order valence-corrected chi connectivity index (χ3v) is 5.62. The topological polar surface area (TPSA) is 59.0 Å². The number of hydrogen-bond acceptors (Lipinski definition) is 4. The van der Waals surface area contributed by atoms with Gasteiger partial charge in [-0.3, -0.25) is 9.78 Å². The van der Waals surface area contributed by atoms with Gasteiger partial charge in [0, 0.05) is 37.3 Å². The van der Waals surface area contributed by atoms with E-state index in [2.05, 4.69) is 25.9 Å². The van der Waals surface area contributed by atoms with Crippen molar-refractivity contribution in [2.75, 3.05) is 6.54 Å². The lowest BCUT2D eigenvalue weighted by Crippen LogP contribution is -2.53. The molecule has 3 heterocycles. The van der Waals surface area contributed by atoms with Crippen LogP contribution in [0.25, 0.3) is 0 Å². The molecule has 2 aromatic heterocycles. The molecular formula is C19H22N4O. The van der Waals surface area contributed by atoms with Crippen molar-refractivity contribution in [3.05, 3.63) is 53.9 Å².